The number of pyridine rings is 1. The molecular formula is C17H12N2O. The van der Waals surface area contributed by atoms with E-state index in [1.165, 1.54) is 0 Å². The number of hydrogen-bond acceptors (Lipinski definition) is 3. The van der Waals surface area contributed by atoms with E-state index in [2.05, 4.69) is 34.2 Å². The monoisotopic (exact) mass is 260 g/mol. The second-order valence-electron chi connectivity index (χ2n) is 4.76. The first-order valence-electron chi connectivity index (χ1n) is 6.54. The fourth-order valence-electron chi connectivity index (χ4n) is 2.54. The van der Waals surface area contributed by atoms with Crippen molar-refractivity contribution in [2.75, 3.05) is 0 Å². The van der Waals surface area contributed by atoms with E-state index < -0.39 is 0 Å². The van der Waals surface area contributed by atoms with Crippen LogP contribution in [0.4, 0.5) is 0 Å². The van der Waals surface area contributed by atoms with E-state index in [0.717, 1.165) is 27.5 Å². The quantitative estimate of drug-likeness (QED) is 0.510. The van der Waals surface area contributed by atoms with Gasteiger partial charge in [-0.25, -0.2) is 9.97 Å². The van der Waals surface area contributed by atoms with E-state index in [9.17, 15) is 0 Å². The molecule has 0 amide bonds. The Labute approximate surface area is 115 Å². The normalized spacial score (nSPS) is 11.2. The average Bonchev–Trinajstić information content (AvgIpc) is 2.88. The lowest BCUT2D eigenvalue weighted by Crippen LogP contribution is -1.87. The number of oxazole rings is 1. The fourth-order valence-corrected chi connectivity index (χ4v) is 2.54. The van der Waals surface area contributed by atoms with Gasteiger partial charge in [-0.1, -0.05) is 54.6 Å². The Hall–Kier alpha value is -2.68. The van der Waals surface area contributed by atoms with Crippen molar-refractivity contribution in [1.82, 2.24) is 9.97 Å². The van der Waals surface area contributed by atoms with Gasteiger partial charge in [0.2, 0.25) is 5.71 Å². The molecule has 0 aliphatic rings. The Morgan fingerprint density at radius 2 is 1.50 bits per heavy atom. The first-order chi connectivity index (χ1) is 9.83. The van der Waals surface area contributed by atoms with Gasteiger partial charge < -0.3 is 4.42 Å². The molecule has 0 N–H and O–H groups in total. The van der Waals surface area contributed by atoms with Gasteiger partial charge in [0.25, 0.3) is 0 Å². The zero-order valence-electron chi connectivity index (χ0n) is 11.0. The van der Waals surface area contributed by atoms with Gasteiger partial charge in [0, 0.05) is 23.3 Å². The lowest BCUT2D eigenvalue weighted by Gasteiger charge is -2.05. The predicted molar refractivity (Wildman–Crippen MR) is 79.5 cm³/mol. The zero-order valence-corrected chi connectivity index (χ0v) is 11.0. The molecule has 0 spiro atoms. The van der Waals surface area contributed by atoms with Crippen molar-refractivity contribution in [3.8, 4) is 11.3 Å². The van der Waals surface area contributed by atoms with E-state index in [4.69, 9.17) is 4.42 Å². The lowest BCUT2D eigenvalue weighted by atomic mass is 10.0. The van der Waals surface area contributed by atoms with Crippen LogP contribution in [-0.4, -0.2) is 9.97 Å². The molecule has 96 valence electrons. The standard InChI is InChI=1S/C17H12N2O/c1-11-18-16-14-10-6-5-9-13(14)15(19-17(16)20-11)12-7-3-2-4-8-12/h2-10H,1H3. The van der Waals surface area contributed by atoms with E-state index in [-0.39, 0.29) is 0 Å². The highest BCUT2D eigenvalue weighted by atomic mass is 16.4. The number of aryl methyl sites for hydroxylation is 1. The Morgan fingerprint density at radius 3 is 2.30 bits per heavy atom. The molecule has 0 unspecified atom stereocenters. The average molecular weight is 260 g/mol. The van der Waals surface area contributed by atoms with Gasteiger partial charge in [0.15, 0.2) is 5.89 Å². The van der Waals surface area contributed by atoms with Crippen LogP contribution in [0.15, 0.2) is 59.0 Å². The number of benzene rings is 2. The first kappa shape index (κ1) is 11.2. The van der Waals surface area contributed by atoms with Gasteiger partial charge in [-0.2, -0.15) is 0 Å². The molecule has 0 saturated carbocycles. The summed E-state index contributed by atoms with van der Waals surface area (Å²) >= 11 is 0. The fraction of sp³-hybridized carbons (Fsp3) is 0.0588. The summed E-state index contributed by atoms with van der Waals surface area (Å²) in [5.74, 6) is 0.642. The summed E-state index contributed by atoms with van der Waals surface area (Å²) in [7, 11) is 0. The van der Waals surface area contributed by atoms with Crippen molar-refractivity contribution in [3.05, 3.63) is 60.5 Å². The van der Waals surface area contributed by atoms with Gasteiger partial charge in [-0.3, -0.25) is 0 Å². The second-order valence-corrected chi connectivity index (χ2v) is 4.76. The third kappa shape index (κ3) is 1.60. The third-order valence-corrected chi connectivity index (χ3v) is 3.41. The van der Waals surface area contributed by atoms with E-state index in [0.29, 0.717) is 11.6 Å². The summed E-state index contributed by atoms with van der Waals surface area (Å²) in [5, 5.41) is 2.17. The maximum atomic E-state index is 5.62. The van der Waals surface area contributed by atoms with Crippen LogP contribution in [-0.2, 0) is 0 Å². The van der Waals surface area contributed by atoms with Crippen LogP contribution < -0.4 is 0 Å². The SMILES string of the molecule is Cc1nc2c(nc(-c3ccccc3)c3ccccc32)o1. The molecule has 20 heavy (non-hydrogen) atoms. The van der Waals surface area contributed by atoms with Crippen LogP contribution in [0.5, 0.6) is 0 Å². The number of rotatable bonds is 1. The highest BCUT2D eigenvalue weighted by molar-refractivity contribution is 6.07. The van der Waals surface area contributed by atoms with Crippen LogP contribution in [0.3, 0.4) is 0 Å². The van der Waals surface area contributed by atoms with Crippen LogP contribution in [0.1, 0.15) is 5.89 Å². The Morgan fingerprint density at radius 1 is 0.800 bits per heavy atom. The molecule has 0 aliphatic heterocycles. The molecule has 4 aromatic rings. The summed E-state index contributed by atoms with van der Waals surface area (Å²) in [6.07, 6.45) is 0. The second kappa shape index (κ2) is 4.17. The lowest BCUT2D eigenvalue weighted by molar-refractivity contribution is 0.552. The molecule has 0 bridgehead atoms. The minimum Gasteiger partial charge on any atom is -0.423 e. The van der Waals surface area contributed by atoms with Crippen molar-refractivity contribution >= 4 is 22.0 Å². The summed E-state index contributed by atoms with van der Waals surface area (Å²) in [6.45, 7) is 1.85. The maximum absolute atomic E-state index is 5.62. The van der Waals surface area contributed by atoms with Crippen LogP contribution in [0.2, 0.25) is 0 Å². The topological polar surface area (TPSA) is 38.9 Å². The highest BCUT2D eigenvalue weighted by Gasteiger charge is 2.13. The molecule has 2 heterocycles. The minimum atomic E-state index is 0.597. The first-order valence-corrected chi connectivity index (χ1v) is 6.54. The Kier molecular flexibility index (Phi) is 2.33. The van der Waals surface area contributed by atoms with Crippen molar-refractivity contribution in [3.63, 3.8) is 0 Å². The van der Waals surface area contributed by atoms with Gasteiger partial charge in [0.1, 0.15) is 5.52 Å². The van der Waals surface area contributed by atoms with Gasteiger partial charge >= 0.3 is 0 Å². The summed E-state index contributed by atoms with van der Waals surface area (Å²) in [6, 6.07) is 18.3. The van der Waals surface area contributed by atoms with E-state index in [1.54, 1.807) is 0 Å². The Bertz CT molecular complexity index is 910. The molecule has 0 saturated heterocycles. The van der Waals surface area contributed by atoms with Crippen molar-refractivity contribution < 1.29 is 4.42 Å². The van der Waals surface area contributed by atoms with E-state index >= 15 is 0 Å². The Balaban J connectivity index is 2.18. The van der Waals surface area contributed by atoms with Crippen LogP contribution in [0, 0.1) is 6.92 Å². The number of fused-ring (bicyclic) bond motifs is 3. The molecular weight excluding hydrogens is 248 g/mol. The van der Waals surface area contributed by atoms with Crippen molar-refractivity contribution in [2.45, 2.75) is 6.92 Å². The molecule has 0 aliphatic carbocycles. The summed E-state index contributed by atoms with van der Waals surface area (Å²) in [5.41, 5.74) is 3.45. The third-order valence-electron chi connectivity index (χ3n) is 3.41. The molecule has 2 aromatic heterocycles. The summed E-state index contributed by atoms with van der Waals surface area (Å²) < 4.78 is 5.62. The van der Waals surface area contributed by atoms with Gasteiger partial charge in [-0.05, 0) is 0 Å². The van der Waals surface area contributed by atoms with E-state index in [1.807, 2.05) is 37.3 Å². The molecule has 4 rings (SSSR count). The van der Waals surface area contributed by atoms with Crippen molar-refractivity contribution in [1.29, 1.82) is 0 Å². The zero-order chi connectivity index (χ0) is 13.5. The van der Waals surface area contributed by atoms with Gasteiger partial charge in [0.05, 0.1) is 5.69 Å². The predicted octanol–water partition coefficient (Wildman–Crippen LogP) is 4.35. The molecule has 0 fully saturated rings. The maximum Gasteiger partial charge on any atom is 0.248 e. The highest BCUT2D eigenvalue weighted by Crippen LogP contribution is 2.31. The molecule has 0 radical (unpaired) electrons. The minimum absolute atomic E-state index is 0.597. The molecule has 2 aromatic carbocycles. The van der Waals surface area contributed by atoms with Gasteiger partial charge in [-0.15, -0.1) is 0 Å². The molecule has 3 heteroatoms. The van der Waals surface area contributed by atoms with Crippen LogP contribution >= 0.6 is 0 Å². The molecule has 0 atom stereocenters. The van der Waals surface area contributed by atoms with Crippen LogP contribution in [0.25, 0.3) is 33.3 Å². The largest absolute Gasteiger partial charge is 0.423 e. The van der Waals surface area contributed by atoms with Crippen molar-refractivity contribution in [2.24, 2.45) is 0 Å². The molecule has 3 nitrogen and oxygen atoms in total. The number of hydrogen-bond donors (Lipinski definition) is 0. The smallest absolute Gasteiger partial charge is 0.248 e. The number of aromatic nitrogens is 2. The summed E-state index contributed by atoms with van der Waals surface area (Å²) in [4.78, 5) is 9.11. The number of nitrogens with zero attached hydrogens (tertiary/aromatic N) is 2.